The Morgan fingerprint density at radius 3 is 2.54 bits per heavy atom. The van der Waals surface area contributed by atoms with Gasteiger partial charge in [0.1, 0.15) is 5.75 Å². The number of allylic oxidation sites excluding steroid dienone is 1. The summed E-state index contributed by atoms with van der Waals surface area (Å²) in [5.41, 5.74) is 2.21. The molecule has 1 aromatic heterocycles. The van der Waals surface area contributed by atoms with E-state index in [2.05, 4.69) is 27.4 Å². The summed E-state index contributed by atoms with van der Waals surface area (Å²) in [6.07, 6.45) is 2.02. The fourth-order valence-electron chi connectivity index (χ4n) is 2.62. The molecular formula is C21H23N3OS. The molecule has 0 aliphatic rings. The van der Waals surface area contributed by atoms with E-state index in [1.807, 2.05) is 68.5 Å². The summed E-state index contributed by atoms with van der Waals surface area (Å²) in [5.74, 6) is 2.56. The zero-order valence-electron chi connectivity index (χ0n) is 15.1. The lowest BCUT2D eigenvalue weighted by atomic mass is 10.2. The summed E-state index contributed by atoms with van der Waals surface area (Å²) in [6, 6.07) is 18.2. The molecule has 0 spiro atoms. The molecule has 5 heteroatoms. The van der Waals surface area contributed by atoms with Crippen molar-refractivity contribution in [2.24, 2.45) is 0 Å². The van der Waals surface area contributed by atoms with E-state index in [-0.39, 0.29) is 6.10 Å². The first kappa shape index (κ1) is 18.3. The Kier molecular flexibility index (Phi) is 6.12. The first-order chi connectivity index (χ1) is 12.7. The Labute approximate surface area is 158 Å². The molecule has 3 rings (SSSR count). The van der Waals surface area contributed by atoms with E-state index in [9.17, 15) is 0 Å². The largest absolute Gasteiger partial charge is 0.491 e. The van der Waals surface area contributed by atoms with E-state index in [4.69, 9.17) is 4.74 Å². The Bertz CT molecular complexity index is 859. The summed E-state index contributed by atoms with van der Waals surface area (Å²) in [6.45, 7) is 8.62. The van der Waals surface area contributed by atoms with Crippen molar-refractivity contribution in [3.63, 3.8) is 0 Å². The van der Waals surface area contributed by atoms with Gasteiger partial charge >= 0.3 is 0 Å². The van der Waals surface area contributed by atoms with Crippen LogP contribution >= 0.6 is 11.8 Å². The number of rotatable bonds is 8. The van der Waals surface area contributed by atoms with Gasteiger partial charge in [0.25, 0.3) is 0 Å². The van der Waals surface area contributed by atoms with Gasteiger partial charge in [0.15, 0.2) is 11.0 Å². The number of hydrogen-bond acceptors (Lipinski definition) is 4. The average molecular weight is 366 g/mol. The van der Waals surface area contributed by atoms with Crippen LogP contribution in [0.5, 0.6) is 5.75 Å². The van der Waals surface area contributed by atoms with E-state index in [0.29, 0.717) is 6.54 Å². The lowest BCUT2D eigenvalue weighted by Crippen LogP contribution is -2.07. The lowest BCUT2D eigenvalue weighted by molar-refractivity contribution is 0.240. The molecule has 26 heavy (non-hydrogen) atoms. The monoisotopic (exact) mass is 365 g/mol. The van der Waals surface area contributed by atoms with Gasteiger partial charge < -0.3 is 4.74 Å². The van der Waals surface area contributed by atoms with Crippen LogP contribution in [0, 0.1) is 0 Å². The highest BCUT2D eigenvalue weighted by molar-refractivity contribution is 7.98. The Hall–Kier alpha value is -2.53. The smallest absolute Gasteiger partial charge is 0.192 e. The van der Waals surface area contributed by atoms with Crippen LogP contribution in [0.3, 0.4) is 0 Å². The molecule has 0 fully saturated rings. The molecule has 0 saturated heterocycles. The zero-order valence-corrected chi connectivity index (χ0v) is 15.9. The third-order valence-corrected chi connectivity index (χ3v) is 4.77. The summed E-state index contributed by atoms with van der Waals surface area (Å²) in [7, 11) is 0. The van der Waals surface area contributed by atoms with Gasteiger partial charge in [0, 0.05) is 23.4 Å². The molecule has 0 amide bonds. The third kappa shape index (κ3) is 4.35. The number of para-hydroxylation sites is 1. The van der Waals surface area contributed by atoms with Crippen molar-refractivity contribution in [2.75, 3.05) is 0 Å². The number of ether oxygens (including phenoxy) is 1. The molecule has 0 aliphatic heterocycles. The number of nitrogens with zero attached hydrogens (tertiary/aromatic N) is 3. The summed E-state index contributed by atoms with van der Waals surface area (Å²) in [4.78, 5) is 0. The van der Waals surface area contributed by atoms with Crippen LogP contribution in [0.15, 0.2) is 72.4 Å². The molecular weight excluding hydrogens is 342 g/mol. The molecule has 1 heterocycles. The molecule has 0 unspecified atom stereocenters. The first-order valence-electron chi connectivity index (χ1n) is 8.66. The van der Waals surface area contributed by atoms with Gasteiger partial charge in [-0.15, -0.1) is 16.8 Å². The van der Waals surface area contributed by atoms with E-state index in [1.54, 1.807) is 11.8 Å². The van der Waals surface area contributed by atoms with Gasteiger partial charge in [0.05, 0.1) is 6.10 Å². The number of aromatic nitrogens is 3. The van der Waals surface area contributed by atoms with Crippen molar-refractivity contribution in [2.45, 2.75) is 37.4 Å². The average Bonchev–Trinajstić information content (AvgIpc) is 3.04. The quantitative estimate of drug-likeness (QED) is 0.406. The fraction of sp³-hybridized carbons (Fsp3) is 0.238. The standard InChI is InChI=1S/C21H23N3OS/c1-4-14-24-20(17-10-6-5-7-11-17)22-23-21(24)26-15-18-12-8-9-13-19(18)25-16(2)3/h4-13,16H,1,14-15H2,2-3H3. The molecule has 0 aliphatic carbocycles. The van der Waals surface area contributed by atoms with E-state index in [0.717, 1.165) is 33.6 Å². The number of thioether (sulfide) groups is 1. The Balaban J connectivity index is 1.83. The molecule has 4 nitrogen and oxygen atoms in total. The van der Waals surface area contributed by atoms with E-state index < -0.39 is 0 Å². The van der Waals surface area contributed by atoms with Gasteiger partial charge in [0.2, 0.25) is 0 Å². The van der Waals surface area contributed by atoms with Crippen LogP contribution in [-0.4, -0.2) is 20.9 Å². The van der Waals surface area contributed by atoms with Crippen LogP contribution in [0.1, 0.15) is 19.4 Å². The van der Waals surface area contributed by atoms with E-state index >= 15 is 0 Å². The number of benzene rings is 2. The van der Waals surface area contributed by atoms with Crippen LogP contribution < -0.4 is 4.74 Å². The van der Waals surface area contributed by atoms with Crippen molar-refractivity contribution in [3.05, 3.63) is 72.8 Å². The minimum absolute atomic E-state index is 0.148. The van der Waals surface area contributed by atoms with Crippen LogP contribution in [0.2, 0.25) is 0 Å². The van der Waals surface area contributed by atoms with Crippen LogP contribution in [0.25, 0.3) is 11.4 Å². The predicted molar refractivity (Wildman–Crippen MR) is 107 cm³/mol. The minimum Gasteiger partial charge on any atom is -0.491 e. The predicted octanol–water partition coefficient (Wildman–Crippen LogP) is 5.21. The third-order valence-electron chi connectivity index (χ3n) is 3.75. The maximum absolute atomic E-state index is 5.91. The second kappa shape index (κ2) is 8.72. The Morgan fingerprint density at radius 2 is 1.81 bits per heavy atom. The minimum atomic E-state index is 0.148. The van der Waals surface area contributed by atoms with Crippen molar-refractivity contribution < 1.29 is 4.74 Å². The molecule has 0 atom stereocenters. The summed E-state index contributed by atoms with van der Waals surface area (Å²) >= 11 is 1.66. The number of hydrogen-bond donors (Lipinski definition) is 0. The SMILES string of the molecule is C=CCn1c(SCc2ccccc2OC(C)C)nnc1-c1ccccc1. The van der Waals surface area contributed by atoms with Crippen molar-refractivity contribution >= 4 is 11.8 Å². The normalized spacial score (nSPS) is 10.9. The maximum Gasteiger partial charge on any atom is 0.192 e. The molecule has 2 aromatic carbocycles. The lowest BCUT2D eigenvalue weighted by Gasteiger charge is -2.14. The topological polar surface area (TPSA) is 39.9 Å². The second-order valence-electron chi connectivity index (χ2n) is 6.13. The highest BCUT2D eigenvalue weighted by Crippen LogP contribution is 2.30. The van der Waals surface area contributed by atoms with Crippen molar-refractivity contribution in [1.29, 1.82) is 0 Å². The van der Waals surface area contributed by atoms with Gasteiger partial charge in [-0.2, -0.15) is 0 Å². The molecule has 134 valence electrons. The van der Waals surface area contributed by atoms with Crippen molar-refractivity contribution in [1.82, 2.24) is 14.8 Å². The molecule has 0 saturated carbocycles. The van der Waals surface area contributed by atoms with Crippen LogP contribution in [0.4, 0.5) is 0 Å². The molecule has 0 N–H and O–H groups in total. The van der Waals surface area contributed by atoms with Gasteiger partial charge in [-0.25, -0.2) is 0 Å². The maximum atomic E-state index is 5.91. The van der Waals surface area contributed by atoms with Gasteiger partial charge in [-0.05, 0) is 19.9 Å². The fourth-order valence-corrected chi connectivity index (χ4v) is 3.56. The Morgan fingerprint density at radius 1 is 1.08 bits per heavy atom. The van der Waals surface area contributed by atoms with Crippen LogP contribution in [-0.2, 0) is 12.3 Å². The van der Waals surface area contributed by atoms with E-state index in [1.165, 1.54) is 0 Å². The summed E-state index contributed by atoms with van der Waals surface area (Å²) < 4.78 is 8.01. The zero-order chi connectivity index (χ0) is 18.4. The second-order valence-corrected chi connectivity index (χ2v) is 7.08. The first-order valence-corrected chi connectivity index (χ1v) is 9.64. The van der Waals surface area contributed by atoms with Crippen molar-refractivity contribution in [3.8, 4) is 17.1 Å². The van der Waals surface area contributed by atoms with Gasteiger partial charge in [-0.1, -0.05) is 66.4 Å². The van der Waals surface area contributed by atoms with Gasteiger partial charge in [-0.3, -0.25) is 4.57 Å². The highest BCUT2D eigenvalue weighted by atomic mass is 32.2. The highest BCUT2D eigenvalue weighted by Gasteiger charge is 2.14. The molecule has 3 aromatic rings. The molecule has 0 bridgehead atoms. The molecule has 0 radical (unpaired) electrons. The summed E-state index contributed by atoms with van der Waals surface area (Å²) in [5, 5.41) is 9.68.